The number of benzene rings is 1. The molecular formula is C24H29AcN5O8S-4. The number of isothiocyanates is 1. The Morgan fingerprint density at radius 1 is 0.744 bits per heavy atom. The molecule has 13 nitrogen and oxygen atoms in total. The molecule has 0 saturated carbocycles. The first kappa shape index (κ1) is 35.2. The van der Waals surface area contributed by atoms with Crippen molar-refractivity contribution in [1.29, 1.82) is 0 Å². The third-order valence-electron chi connectivity index (χ3n) is 6.13. The van der Waals surface area contributed by atoms with E-state index in [1.807, 2.05) is 0 Å². The second-order valence-corrected chi connectivity index (χ2v) is 9.16. The molecule has 1 heterocycles. The maximum atomic E-state index is 11.6. The van der Waals surface area contributed by atoms with Crippen molar-refractivity contribution < 1.29 is 83.7 Å². The molecule has 1 aromatic rings. The van der Waals surface area contributed by atoms with E-state index in [-0.39, 0.29) is 89.9 Å². The number of carboxylic acid groups (broad SMARTS) is 4. The van der Waals surface area contributed by atoms with E-state index < -0.39 is 56.1 Å². The number of hydrogen-bond donors (Lipinski definition) is 0. The Morgan fingerprint density at radius 2 is 1.18 bits per heavy atom. The first-order valence-corrected chi connectivity index (χ1v) is 12.3. The van der Waals surface area contributed by atoms with Gasteiger partial charge in [0.1, 0.15) is 0 Å². The largest absolute Gasteiger partial charge is 0.549 e. The number of carbonyl (C=O) groups excluding carboxylic acids is 4. The SMILES string of the molecule is O=C([O-])CN1CCN(CC(=O)[O-])CCN(CC(=O)[O-])C(Cc2ccc(N=C=S)cc2)CN(CC(=O)[O-])CC1.[225Ac]. The summed E-state index contributed by atoms with van der Waals surface area (Å²) in [4.78, 5) is 55.8. The Morgan fingerprint density at radius 3 is 1.64 bits per heavy atom. The van der Waals surface area contributed by atoms with E-state index in [1.54, 1.807) is 34.1 Å². The number of nitrogens with zero attached hydrogens (tertiary/aromatic N) is 5. The molecule has 1 atom stereocenters. The van der Waals surface area contributed by atoms with Gasteiger partial charge in [-0.15, -0.1) is 0 Å². The molecular weight excluding hydrogens is 743 g/mol. The van der Waals surface area contributed by atoms with Crippen molar-refractivity contribution in [1.82, 2.24) is 19.6 Å². The minimum atomic E-state index is -1.34. The van der Waals surface area contributed by atoms with E-state index in [0.717, 1.165) is 5.56 Å². The van der Waals surface area contributed by atoms with Crippen LogP contribution in [-0.4, -0.2) is 127 Å². The normalized spacial score (nSPS) is 18.5. The van der Waals surface area contributed by atoms with Gasteiger partial charge in [-0.2, -0.15) is 4.99 Å². The van der Waals surface area contributed by atoms with Crippen molar-refractivity contribution in [2.45, 2.75) is 12.5 Å². The first-order chi connectivity index (χ1) is 18.0. The quantitative estimate of drug-likeness (QED) is 0.154. The second kappa shape index (κ2) is 18.5. The molecule has 1 fully saturated rings. The van der Waals surface area contributed by atoms with Crippen molar-refractivity contribution in [3.8, 4) is 0 Å². The zero-order valence-corrected chi connectivity index (χ0v) is 26.9. The Hall–Kier alpha value is -1.82. The van der Waals surface area contributed by atoms with Crippen molar-refractivity contribution in [3.63, 3.8) is 0 Å². The van der Waals surface area contributed by atoms with E-state index in [0.29, 0.717) is 12.1 Å². The standard InChI is InChI=1S/C24H33N5O8S.Ac/c30-21(31)13-26-5-6-27(14-22(32)33)9-10-29(16-24(36)37)20(12-28(8-7-26)15-23(34)35)11-18-1-3-19(4-2-18)25-17-38;/h1-4,20H,5-16H2,(H,30,31)(H,32,33)(H,34,35)(H,36,37);/p-4/i;1-2. The number of hydrogen-bond acceptors (Lipinski definition) is 14. The van der Waals surface area contributed by atoms with Crippen LogP contribution in [0.1, 0.15) is 5.56 Å². The van der Waals surface area contributed by atoms with Gasteiger partial charge < -0.3 is 39.6 Å². The van der Waals surface area contributed by atoms with E-state index in [4.69, 9.17) is 0 Å². The van der Waals surface area contributed by atoms with Crippen molar-refractivity contribution >= 4 is 46.9 Å². The molecule has 1 aromatic carbocycles. The van der Waals surface area contributed by atoms with Crippen LogP contribution < -0.4 is 20.4 Å². The summed E-state index contributed by atoms with van der Waals surface area (Å²) < 4.78 is 0. The first-order valence-electron chi connectivity index (χ1n) is 11.9. The monoisotopic (exact) mass is 772 g/mol. The second-order valence-electron chi connectivity index (χ2n) is 8.97. The fourth-order valence-corrected chi connectivity index (χ4v) is 4.46. The van der Waals surface area contributed by atoms with E-state index in [1.165, 1.54) is 9.80 Å². The Bertz CT molecular complexity index is 1020. The van der Waals surface area contributed by atoms with E-state index in [9.17, 15) is 39.6 Å². The van der Waals surface area contributed by atoms with Crippen LogP contribution in [0.3, 0.4) is 0 Å². The molecule has 0 aromatic heterocycles. The third-order valence-corrected chi connectivity index (χ3v) is 6.22. The van der Waals surface area contributed by atoms with Gasteiger partial charge in [-0.05, 0) is 36.3 Å². The molecule has 0 spiro atoms. The summed E-state index contributed by atoms with van der Waals surface area (Å²) >= 11 is 4.61. The van der Waals surface area contributed by atoms with Crippen LogP contribution >= 0.6 is 12.2 Å². The van der Waals surface area contributed by atoms with Gasteiger partial charge >= 0.3 is 0 Å². The van der Waals surface area contributed by atoms with Crippen molar-refractivity contribution in [2.75, 3.05) is 72.0 Å². The van der Waals surface area contributed by atoms with Crippen LogP contribution in [0.25, 0.3) is 0 Å². The maximum Gasteiger partial charge on any atom is 0.0739 e. The average Bonchev–Trinajstić information content (AvgIpc) is 2.82. The summed E-state index contributed by atoms with van der Waals surface area (Å²) in [5, 5.41) is 48.0. The molecule has 39 heavy (non-hydrogen) atoms. The number of rotatable bonds is 11. The predicted molar refractivity (Wildman–Crippen MR) is 130 cm³/mol. The molecule has 0 N–H and O–H groups in total. The topological polar surface area (TPSA) is 186 Å². The maximum absolute atomic E-state index is 11.6. The van der Waals surface area contributed by atoms with Gasteiger partial charge in [0.05, 0.1) is 34.7 Å². The third kappa shape index (κ3) is 14.4. The average molecular weight is 773 g/mol. The van der Waals surface area contributed by atoms with Gasteiger partial charge in [0.2, 0.25) is 0 Å². The van der Waals surface area contributed by atoms with Gasteiger partial charge in [-0.25, -0.2) is 0 Å². The Labute approximate surface area is 267 Å². The fourth-order valence-electron chi connectivity index (χ4n) is 4.35. The molecule has 1 unspecified atom stereocenters. The summed E-state index contributed by atoms with van der Waals surface area (Å²) in [5.74, 6) is -5.33. The minimum Gasteiger partial charge on any atom is -0.549 e. The minimum absolute atomic E-state index is 0. The van der Waals surface area contributed by atoms with Crippen LogP contribution in [0.2, 0.25) is 0 Å². The van der Waals surface area contributed by atoms with Crippen LogP contribution in [-0.2, 0) is 25.6 Å². The van der Waals surface area contributed by atoms with Crippen molar-refractivity contribution in [3.05, 3.63) is 29.8 Å². The molecule has 1 aliphatic heterocycles. The predicted octanol–water partition coefficient (Wildman–Crippen LogP) is -5.45. The van der Waals surface area contributed by atoms with Gasteiger partial charge in [-0.3, -0.25) is 19.6 Å². The number of aliphatic carboxylic acids is 4. The zero-order valence-electron chi connectivity index (χ0n) is 21.4. The molecule has 1 saturated heterocycles. The van der Waals surface area contributed by atoms with Crippen LogP contribution in [0, 0.1) is 44.1 Å². The molecule has 0 bridgehead atoms. The number of carboxylic acids is 4. The summed E-state index contributed by atoms with van der Waals surface area (Å²) in [6.07, 6.45) is 0.321. The smallest absolute Gasteiger partial charge is 0.0739 e. The number of thiocarbonyl (C=S) groups is 1. The van der Waals surface area contributed by atoms with Crippen LogP contribution in [0.4, 0.5) is 5.69 Å². The van der Waals surface area contributed by atoms with Crippen molar-refractivity contribution in [2.24, 2.45) is 4.99 Å². The summed E-state index contributed by atoms with van der Waals surface area (Å²) in [6.45, 7) is -0.775. The van der Waals surface area contributed by atoms with E-state index in [2.05, 4.69) is 22.4 Å². The molecule has 0 amide bonds. The molecule has 1 radical (unpaired) electrons. The Kier molecular flexibility index (Phi) is 16.7. The molecule has 1 aliphatic rings. The van der Waals surface area contributed by atoms with Crippen LogP contribution in [0.15, 0.2) is 29.3 Å². The fraction of sp³-hybridized carbons (Fsp3) is 0.542. The van der Waals surface area contributed by atoms with Gasteiger partial charge in [0.15, 0.2) is 0 Å². The van der Waals surface area contributed by atoms with Gasteiger partial charge in [-0.1, -0.05) is 12.1 Å². The Balaban J connectivity index is 0.00000760. The number of aliphatic imine (C=N–C) groups is 1. The van der Waals surface area contributed by atoms with Crippen LogP contribution in [0.5, 0.6) is 0 Å². The van der Waals surface area contributed by atoms with Gasteiger partial charge in [0.25, 0.3) is 0 Å². The molecule has 15 heteroatoms. The molecule has 2 rings (SSSR count). The summed E-state index contributed by atoms with van der Waals surface area (Å²) in [7, 11) is 0. The van der Waals surface area contributed by atoms with E-state index >= 15 is 0 Å². The van der Waals surface area contributed by atoms with Gasteiger partial charge in [0, 0.05) is 122 Å². The molecule has 211 valence electrons. The molecule has 0 aliphatic carbocycles. The number of carbonyl (C=O) groups is 4. The summed E-state index contributed by atoms with van der Waals surface area (Å²) in [5.41, 5.74) is 1.39. The zero-order chi connectivity index (χ0) is 28.1. The summed E-state index contributed by atoms with van der Waals surface area (Å²) in [6, 6.07) is 6.47.